The van der Waals surface area contributed by atoms with Gasteiger partial charge in [0.1, 0.15) is 0 Å². The molecule has 15 heavy (non-hydrogen) atoms. The summed E-state index contributed by atoms with van der Waals surface area (Å²) in [5.41, 5.74) is 6.39. The molecule has 1 atom stereocenters. The first-order chi connectivity index (χ1) is 6.95. The predicted molar refractivity (Wildman–Crippen MR) is 68.9 cm³/mol. The molecule has 0 nitrogen and oxygen atoms in total. The first-order valence-electron chi connectivity index (χ1n) is 6.29. The third-order valence-corrected chi connectivity index (χ3v) is 3.58. The molecule has 1 aliphatic rings. The van der Waals surface area contributed by atoms with Gasteiger partial charge in [0.25, 0.3) is 0 Å². The quantitative estimate of drug-likeness (QED) is 0.559. The maximum atomic E-state index is 2.36. The maximum absolute atomic E-state index is 2.36. The molecular formula is C15H26. The lowest BCUT2D eigenvalue weighted by Crippen LogP contribution is -2.19. The minimum Gasteiger partial charge on any atom is -0.0729 e. The third kappa shape index (κ3) is 2.74. The first-order valence-corrected chi connectivity index (χ1v) is 6.29. The Kier molecular flexibility index (Phi) is 4.19. The summed E-state index contributed by atoms with van der Waals surface area (Å²) in [5.74, 6) is 1.58. The van der Waals surface area contributed by atoms with Crippen LogP contribution < -0.4 is 0 Å². The third-order valence-electron chi connectivity index (χ3n) is 3.58. The van der Waals surface area contributed by atoms with Gasteiger partial charge in [-0.05, 0) is 69.9 Å². The van der Waals surface area contributed by atoms with Crippen molar-refractivity contribution in [1.29, 1.82) is 0 Å². The van der Waals surface area contributed by atoms with Gasteiger partial charge in [0, 0.05) is 0 Å². The van der Waals surface area contributed by atoms with Gasteiger partial charge in [-0.2, -0.15) is 0 Å². The van der Waals surface area contributed by atoms with Crippen LogP contribution in [0.2, 0.25) is 0 Å². The normalized spacial score (nSPS) is 22.2. The molecule has 0 aromatic heterocycles. The van der Waals surface area contributed by atoms with Gasteiger partial charge in [-0.3, -0.25) is 0 Å². The van der Waals surface area contributed by atoms with E-state index in [0.717, 1.165) is 11.8 Å². The molecule has 0 radical (unpaired) electrons. The number of allylic oxidation sites excluding steroid dienone is 4. The molecule has 0 spiro atoms. The predicted octanol–water partition coefficient (Wildman–Crippen LogP) is 5.12. The highest BCUT2D eigenvalue weighted by Gasteiger charge is 2.26. The van der Waals surface area contributed by atoms with E-state index in [1.54, 1.807) is 11.1 Å². The highest BCUT2D eigenvalue weighted by molar-refractivity contribution is 5.40. The van der Waals surface area contributed by atoms with Gasteiger partial charge < -0.3 is 0 Å². The van der Waals surface area contributed by atoms with Crippen molar-refractivity contribution in [2.75, 3.05) is 0 Å². The summed E-state index contributed by atoms with van der Waals surface area (Å²) in [5, 5.41) is 0. The van der Waals surface area contributed by atoms with Crippen LogP contribution >= 0.6 is 0 Å². The van der Waals surface area contributed by atoms with Crippen LogP contribution in [0.4, 0.5) is 0 Å². The molecule has 0 bridgehead atoms. The number of rotatable bonds is 1. The summed E-state index contributed by atoms with van der Waals surface area (Å²) in [6, 6.07) is 0. The zero-order valence-electron chi connectivity index (χ0n) is 11.3. The van der Waals surface area contributed by atoms with E-state index in [0.29, 0.717) is 0 Å². The van der Waals surface area contributed by atoms with E-state index in [9.17, 15) is 0 Å². The first kappa shape index (κ1) is 12.5. The van der Waals surface area contributed by atoms with Crippen molar-refractivity contribution < 1.29 is 0 Å². The molecule has 86 valence electrons. The van der Waals surface area contributed by atoms with Crippen molar-refractivity contribution in [2.45, 2.75) is 60.8 Å². The molecule has 1 rings (SSSR count). The summed E-state index contributed by atoms with van der Waals surface area (Å²) in [4.78, 5) is 0. The monoisotopic (exact) mass is 206 g/mol. The molecule has 0 amide bonds. The standard InChI is InChI=1S/C15H26/c1-10(2)13-8-7-9-14(11(3)4)15(13)12(5)6/h10,13H,7-9H2,1-6H3. The van der Waals surface area contributed by atoms with Crippen LogP contribution in [0.5, 0.6) is 0 Å². The van der Waals surface area contributed by atoms with Gasteiger partial charge >= 0.3 is 0 Å². The fourth-order valence-electron chi connectivity index (χ4n) is 2.86. The van der Waals surface area contributed by atoms with Crippen molar-refractivity contribution in [3.05, 3.63) is 22.3 Å². The Morgan fingerprint density at radius 2 is 1.67 bits per heavy atom. The molecular weight excluding hydrogens is 180 g/mol. The van der Waals surface area contributed by atoms with Crippen LogP contribution in [0, 0.1) is 11.8 Å². The fraction of sp³-hybridized carbons (Fsp3) is 0.733. The zero-order chi connectivity index (χ0) is 11.6. The molecule has 1 aliphatic carbocycles. The molecule has 0 N–H and O–H groups in total. The summed E-state index contributed by atoms with van der Waals surface area (Å²) in [6.07, 6.45) is 4.06. The summed E-state index contributed by atoms with van der Waals surface area (Å²) in [7, 11) is 0. The van der Waals surface area contributed by atoms with E-state index in [4.69, 9.17) is 0 Å². The van der Waals surface area contributed by atoms with Crippen molar-refractivity contribution in [1.82, 2.24) is 0 Å². The molecule has 0 heteroatoms. The van der Waals surface area contributed by atoms with Crippen LogP contribution in [-0.2, 0) is 0 Å². The second kappa shape index (κ2) is 5.01. The summed E-state index contributed by atoms with van der Waals surface area (Å²) >= 11 is 0. The van der Waals surface area contributed by atoms with Gasteiger partial charge in [0.15, 0.2) is 0 Å². The molecule has 0 aliphatic heterocycles. The second-order valence-electron chi connectivity index (χ2n) is 5.63. The zero-order valence-corrected chi connectivity index (χ0v) is 11.3. The van der Waals surface area contributed by atoms with Gasteiger partial charge in [0.2, 0.25) is 0 Å². The Balaban J connectivity index is 3.15. The van der Waals surface area contributed by atoms with Crippen LogP contribution in [-0.4, -0.2) is 0 Å². The average Bonchev–Trinajstić information content (AvgIpc) is 2.16. The van der Waals surface area contributed by atoms with Crippen molar-refractivity contribution in [3.63, 3.8) is 0 Å². The Labute approximate surface area is 95.5 Å². The van der Waals surface area contributed by atoms with E-state index >= 15 is 0 Å². The minimum absolute atomic E-state index is 0.782. The highest BCUT2D eigenvalue weighted by atomic mass is 14.3. The van der Waals surface area contributed by atoms with E-state index in [-0.39, 0.29) is 0 Å². The maximum Gasteiger partial charge on any atom is -0.0137 e. The summed E-state index contributed by atoms with van der Waals surface area (Å²) < 4.78 is 0. The Morgan fingerprint density at radius 1 is 1.07 bits per heavy atom. The lowest BCUT2D eigenvalue weighted by atomic mass is 9.72. The van der Waals surface area contributed by atoms with Crippen LogP contribution in [0.3, 0.4) is 0 Å². The second-order valence-corrected chi connectivity index (χ2v) is 5.63. The Morgan fingerprint density at radius 3 is 2.07 bits per heavy atom. The van der Waals surface area contributed by atoms with E-state index in [2.05, 4.69) is 41.5 Å². The van der Waals surface area contributed by atoms with Gasteiger partial charge in [-0.1, -0.05) is 25.0 Å². The van der Waals surface area contributed by atoms with Gasteiger partial charge in [0.05, 0.1) is 0 Å². The minimum atomic E-state index is 0.782. The molecule has 0 aromatic carbocycles. The SMILES string of the molecule is CC(C)=C1CCCC(C(C)C)C1=C(C)C. The van der Waals surface area contributed by atoms with Crippen LogP contribution in [0.15, 0.2) is 22.3 Å². The smallest absolute Gasteiger partial charge is 0.0137 e. The van der Waals surface area contributed by atoms with Crippen molar-refractivity contribution >= 4 is 0 Å². The largest absolute Gasteiger partial charge is 0.0729 e. The Hall–Kier alpha value is -0.520. The lowest BCUT2D eigenvalue weighted by molar-refractivity contribution is 0.381. The van der Waals surface area contributed by atoms with E-state index < -0.39 is 0 Å². The Bertz CT molecular complexity index is 281. The summed E-state index contributed by atoms with van der Waals surface area (Å²) in [6.45, 7) is 13.8. The molecule has 0 heterocycles. The van der Waals surface area contributed by atoms with E-state index in [1.807, 2.05) is 0 Å². The number of hydrogen-bond donors (Lipinski definition) is 0. The molecule has 0 saturated heterocycles. The average molecular weight is 206 g/mol. The molecule has 1 fully saturated rings. The lowest BCUT2D eigenvalue weighted by Gasteiger charge is -2.33. The fourth-order valence-corrected chi connectivity index (χ4v) is 2.86. The van der Waals surface area contributed by atoms with Crippen LogP contribution in [0.25, 0.3) is 0 Å². The molecule has 0 aromatic rings. The van der Waals surface area contributed by atoms with Crippen molar-refractivity contribution in [2.24, 2.45) is 11.8 Å². The molecule has 1 unspecified atom stereocenters. The van der Waals surface area contributed by atoms with Crippen molar-refractivity contribution in [3.8, 4) is 0 Å². The number of hydrogen-bond acceptors (Lipinski definition) is 0. The van der Waals surface area contributed by atoms with Gasteiger partial charge in [-0.25, -0.2) is 0 Å². The van der Waals surface area contributed by atoms with E-state index in [1.165, 1.54) is 30.4 Å². The van der Waals surface area contributed by atoms with Gasteiger partial charge in [-0.15, -0.1) is 0 Å². The van der Waals surface area contributed by atoms with Crippen LogP contribution in [0.1, 0.15) is 60.8 Å². The highest BCUT2D eigenvalue weighted by Crippen LogP contribution is 2.41. The molecule has 1 saturated carbocycles. The topological polar surface area (TPSA) is 0 Å².